The fourth-order valence-corrected chi connectivity index (χ4v) is 5.78. The molecule has 0 fully saturated rings. The number of amides is 1. The van der Waals surface area contributed by atoms with Crippen molar-refractivity contribution in [3.05, 3.63) is 46.1 Å². The lowest BCUT2D eigenvalue weighted by Crippen LogP contribution is -2.20. The Bertz CT molecular complexity index is 909. The van der Waals surface area contributed by atoms with E-state index < -0.39 is 15.7 Å². The first kappa shape index (κ1) is 19.6. The molecule has 0 spiro atoms. The molecule has 0 unspecified atom stereocenters. The summed E-state index contributed by atoms with van der Waals surface area (Å²) >= 11 is 1.10. The lowest BCUT2D eigenvalue weighted by atomic mass is 10.0. The van der Waals surface area contributed by atoms with Gasteiger partial charge in [-0.25, -0.2) is 12.8 Å². The number of nitrogens with one attached hydrogen (secondary N) is 1. The van der Waals surface area contributed by atoms with E-state index in [4.69, 9.17) is 0 Å². The molecule has 0 saturated heterocycles. The van der Waals surface area contributed by atoms with Crippen molar-refractivity contribution in [1.29, 1.82) is 0 Å². The SMILES string of the molecule is Cc1cc(NC(=O)c2cc(S(=O)(=O)CC(C)(C)C)sc2C)ccc1F. The van der Waals surface area contributed by atoms with E-state index in [-0.39, 0.29) is 21.2 Å². The molecule has 0 aliphatic rings. The van der Waals surface area contributed by atoms with Gasteiger partial charge in [-0.15, -0.1) is 11.3 Å². The molecule has 1 aromatic heterocycles. The molecule has 2 rings (SSSR count). The summed E-state index contributed by atoms with van der Waals surface area (Å²) < 4.78 is 38.5. The summed E-state index contributed by atoms with van der Waals surface area (Å²) in [6.07, 6.45) is 0. The average Bonchev–Trinajstić information content (AvgIpc) is 2.83. The molecule has 0 atom stereocenters. The summed E-state index contributed by atoms with van der Waals surface area (Å²) in [5.74, 6) is -0.740. The number of carbonyl (C=O) groups excluding carboxylic acids is 1. The first-order valence-corrected chi connectivity index (χ1v) is 10.3. The zero-order valence-corrected chi connectivity index (χ0v) is 16.6. The highest BCUT2D eigenvalue weighted by atomic mass is 32.2. The second kappa shape index (κ2) is 6.88. The van der Waals surface area contributed by atoms with Gasteiger partial charge < -0.3 is 5.32 Å². The number of thiophene rings is 1. The van der Waals surface area contributed by atoms with Crippen LogP contribution in [0.2, 0.25) is 0 Å². The molecule has 1 amide bonds. The van der Waals surface area contributed by atoms with Gasteiger partial charge in [-0.3, -0.25) is 4.79 Å². The van der Waals surface area contributed by atoms with Crippen LogP contribution in [-0.4, -0.2) is 20.1 Å². The van der Waals surface area contributed by atoms with E-state index >= 15 is 0 Å². The number of rotatable bonds is 4. The largest absolute Gasteiger partial charge is 0.322 e. The molecular weight excluding hydrogens is 361 g/mol. The molecule has 0 aliphatic carbocycles. The van der Waals surface area contributed by atoms with Crippen molar-refractivity contribution in [2.24, 2.45) is 5.41 Å². The van der Waals surface area contributed by atoms with Gasteiger partial charge in [0.25, 0.3) is 5.91 Å². The smallest absolute Gasteiger partial charge is 0.256 e. The molecule has 0 saturated carbocycles. The van der Waals surface area contributed by atoms with Gasteiger partial charge in [-0.05, 0) is 49.1 Å². The predicted molar refractivity (Wildman–Crippen MR) is 99.7 cm³/mol. The molecule has 0 radical (unpaired) electrons. The maximum atomic E-state index is 13.3. The lowest BCUT2D eigenvalue weighted by Gasteiger charge is -2.16. The second-order valence-corrected chi connectivity index (χ2v) is 10.7. The normalized spacial score (nSPS) is 12.2. The van der Waals surface area contributed by atoms with Gasteiger partial charge in [-0.1, -0.05) is 20.8 Å². The van der Waals surface area contributed by atoms with E-state index in [2.05, 4.69) is 5.32 Å². The minimum absolute atomic E-state index is 0.0121. The van der Waals surface area contributed by atoms with Gasteiger partial charge in [-0.2, -0.15) is 0 Å². The summed E-state index contributed by atoms with van der Waals surface area (Å²) in [5.41, 5.74) is 0.839. The van der Waals surface area contributed by atoms with Crippen molar-refractivity contribution in [2.45, 2.75) is 38.8 Å². The Balaban J connectivity index is 2.27. The molecule has 0 aliphatic heterocycles. The van der Waals surface area contributed by atoms with Gasteiger partial charge in [0.2, 0.25) is 0 Å². The molecule has 0 bridgehead atoms. The molecule has 4 nitrogen and oxygen atoms in total. The quantitative estimate of drug-likeness (QED) is 0.841. The Morgan fingerprint density at radius 3 is 2.40 bits per heavy atom. The van der Waals surface area contributed by atoms with Gasteiger partial charge in [0.1, 0.15) is 10.0 Å². The molecular formula is C18H22FNO3S2. The van der Waals surface area contributed by atoms with Gasteiger partial charge in [0.15, 0.2) is 9.84 Å². The van der Waals surface area contributed by atoms with Crippen LogP contribution in [0.25, 0.3) is 0 Å². The van der Waals surface area contributed by atoms with Crippen molar-refractivity contribution >= 4 is 32.8 Å². The van der Waals surface area contributed by atoms with Crippen LogP contribution >= 0.6 is 11.3 Å². The average molecular weight is 384 g/mol. The number of aryl methyl sites for hydroxylation is 2. The van der Waals surface area contributed by atoms with Crippen LogP contribution in [-0.2, 0) is 9.84 Å². The third-order valence-electron chi connectivity index (χ3n) is 3.49. The number of halogens is 1. The summed E-state index contributed by atoms with van der Waals surface area (Å²) in [7, 11) is -3.45. The summed E-state index contributed by atoms with van der Waals surface area (Å²) in [5, 5.41) is 2.69. The Kier molecular flexibility index (Phi) is 5.39. The highest BCUT2D eigenvalue weighted by Gasteiger charge is 2.27. The summed E-state index contributed by atoms with van der Waals surface area (Å²) in [6.45, 7) is 8.89. The van der Waals surface area contributed by atoms with E-state index in [0.29, 0.717) is 21.7 Å². The van der Waals surface area contributed by atoms with Crippen LogP contribution in [0.3, 0.4) is 0 Å². The van der Waals surface area contributed by atoms with Crippen LogP contribution in [0.1, 0.15) is 41.6 Å². The second-order valence-electron chi connectivity index (χ2n) is 7.27. The zero-order chi connectivity index (χ0) is 19.0. The molecule has 1 aromatic carbocycles. The zero-order valence-electron chi connectivity index (χ0n) is 14.9. The molecule has 136 valence electrons. The lowest BCUT2D eigenvalue weighted by molar-refractivity contribution is 0.102. The van der Waals surface area contributed by atoms with Crippen molar-refractivity contribution < 1.29 is 17.6 Å². The third-order valence-corrected chi connectivity index (χ3v) is 7.32. The van der Waals surface area contributed by atoms with Crippen molar-refractivity contribution in [3.63, 3.8) is 0 Å². The first-order chi connectivity index (χ1) is 11.4. The predicted octanol–water partition coefficient (Wildman–Crippen LogP) is 4.58. The van der Waals surface area contributed by atoms with Gasteiger partial charge >= 0.3 is 0 Å². The number of carbonyl (C=O) groups is 1. The monoisotopic (exact) mass is 383 g/mol. The standard InChI is InChI=1S/C18H22FNO3S2/c1-11-8-13(6-7-15(11)19)20-17(21)14-9-16(24-12(14)2)25(22,23)10-18(3,4)5/h6-9H,10H2,1-5H3,(H,20,21). The molecule has 1 heterocycles. The highest BCUT2D eigenvalue weighted by Crippen LogP contribution is 2.30. The highest BCUT2D eigenvalue weighted by molar-refractivity contribution is 7.93. The number of anilines is 1. The molecule has 1 N–H and O–H groups in total. The number of sulfone groups is 1. The van der Waals surface area contributed by atoms with Crippen LogP contribution in [0.4, 0.5) is 10.1 Å². The van der Waals surface area contributed by atoms with Crippen molar-refractivity contribution in [2.75, 3.05) is 11.1 Å². The summed E-state index contributed by atoms with van der Waals surface area (Å²) in [6, 6.07) is 5.71. The number of benzene rings is 1. The Hall–Kier alpha value is -1.73. The van der Waals surface area contributed by atoms with E-state index in [1.54, 1.807) is 13.8 Å². The fraction of sp³-hybridized carbons (Fsp3) is 0.389. The van der Waals surface area contributed by atoms with Crippen LogP contribution in [0.5, 0.6) is 0 Å². The minimum Gasteiger partial charge on any atom is -0.322 e. The molecule has 2 aromatic rings. The Morgan fingerprint density at radius 2 is 1.84 bits per heavy atom. The van der Waals surface area contributed by atoms with E-state index in [1.807, 2.05) is 20.8 Å². The topological polar surface area (TPSA) is 63.2 Å². The van der Waals surface area contributed by atoms with E-state index in [0.717, 1.165) is 11.3 Å². The van der Waals surface area contributed by atoms with Crippen LogP contribution < -0.4 is 5.32 Å². The molecule has 7 heteroatoms. The fourth-order valence-electron chi connectivity index (χ4n) is 2.40. The van der Waals surface area contributed by atoms with E-state index in [1.165, 1.54) is 24.3 Å². The Morgan fingerprint density at radius 1 is 1.20 bits per heavy atom. The summed E-state index contributed by atoms with van der Waals surface area (Å²) in [4.78, 5) is 13.1. The van der Waals surface area contributed by atoms with Gasteiger partial charge in [0.05, 0.1) is 11.3 Å². The van der Waals surface area contributed by atoms with Crippen molar-refractivity contribution in [3.8, 4) is 0 Å². The first-order valence-electron chi connectivity index (χ1n) is 7.80. The third kappa shape index (κ3) is 4.89. The Labute approximate surface area is 152 Å². The maximum absolute atomic E-state index is 13.3. The minimum atomic E-state index is -3.45. The van der Waals surface area contributed by atoms with Crippen LogP contribution in [0, 0.1) is 25.1 Å². The number of hydrogen-bond acceptors (Lipinski definition) is 4. The van der Waals surface area contributed by atoms with E-state index in [9.17, 15) is 17.6 Å². The maximum Gasteiger partial charge on any atom is 0.256 e. The number of hydrogen-bond donors (Lipinski definition) is 1. The molecule has 25 heavy (non-hydrogen) atoms. The van der Waals surface area contributed by atoms with Crippen LogP contribution in [0.15, 0.2) is 28.5 Å². The van der Waals surface area contributed by atoms with Gasteiger partial charge in [0, 0.05) is 10.6 Å². The van der Waals surface area contributed by atoms with Crippen molar-refractivity contribution in [1.82, 2.24) is 0 Å².